The summed E-state index contributed by atoms with van der Waals surface area (Å²) in [5.41, 5.74) is 1.45. The van der Waals surface area contributed by atoms with E-state index in [2.05, 4.69) is 20.9 Å². The Kier molecular flexibility index (Phi) is 4.66. The van der Waals surface area contributed by atoms with Gasteiger partial charge in [-0.3, -0.25) is 4.99 Å². The smallest absolute Gasteiger partial charge is 0.273 e. The highest BCUT2D eigenvalue weighted by Gasteiger charge is 2.33. The van der Waals surface area contributed by atoms with E-state index in [1.165, 1.54) is 6.07 Å². The first kappa shape index (κ1) is 18.0. The second kappa shape index (κ2) is 6.48. The summed E-state index contributed by atoms with van der Waals surface area (Å²) in [6, 6.07) is 9.47. The van der Waals surface area contributed by atoms with Gasteiger partial charge in [-0.2, -0.15) is 0 Å². The van der Waals surface area contributed by atoms with Crippen molar-refractivity contribution in [1.82, 2.24) is 0 Å². The molecule has 1 heterocycles. The topological polar surface area (TPSA) is 15.6 Å². The Morgan fingerprint density at radius 3 is 2.64 bits per heavy atom. The number of rotatable bonds is 3. The molecule has 0 saturated carbocycles. The van der Waals surface area contributed by atoms with Crippen molar-refractivity contribution >= 4 is 27.8 Å². The molecule has 1 aliphatic heterocycles. The molecule has 0 bridgehead atoms. The number of aliphatic imine (C=N–C) groups is 1. The first-order valence-corrected chi connectivity index (χ1v) is 8.77. The van der Waals surface area contributed by atoms with Gasteiger partial charge in [0, 0.05) is 34.4 Å². The summed E-state index contributed by atoms with van der Waals surface area (Å²) in [6.45, 7) is 4.41. The van der Waals surface area contributed by atoms with Crippen LogP contribution in [0.15, 0.2) is 45.9 Å². The van der Waals surface area contributed by atoms with E-state index < -0.39 is 23.3 Å². The average Bonchev–Trinajstić information content (AvgIpc) is 2.53. The van der Waals surface area contributed by atoms with Crippen LogP contribution in [0.1, 0.15) is 43.5 Å². The van der Waals surface area contributed by atoms with Crippen LogP contribution in [0.5, 0.6) is 0 Å². The van der Waals surface area contributed by atoms with E-state index in [9.17, 15) is 13.2 Å². The largest absolute Gasteiger partial charge is 0.342 e. The average molecular weight is 411 g/mol. The Labute approximate surface area is 153 Å². The summed E-state index contributed by atoms with van der Waals surface area (Å²) in [5.74, 6) is -4.09. The van der Waals surface area contributed by atoms with Gasteiger partial charge < -0.3 is 4.90 Å². The van der Waals surface area contributed by atoms with Crippen LogP contribution in [-0.2, 0) is 5.92 Å². The number of nitrogens with zero attached hydrogens (tertiary/aromatic N) is 2. The van der Waals surface area contributed by atoms with Gasteiger partial charge >= 0.3 is 0 Å². The number of alkyl halides is 2. The van der Waals surface area contributed by atoms with Gasteiger partial charge in [-0.15, -0.1) is 0 Å². The molecule has 0 saturated heterocycles. The zero-order chi connectivity index (χ0) is 18.4. The lowest BCUT2D eigenvalue weighted by Gasteiger charge is -2.38. The van der Waals surface area contributed by atoms with Crippen LogP contribution in [0.25, 0.3) is 0 Å². The van der Waals surface area contributed by atoms with Gasteiger partial charge in [-0.1, -0.05) is 34.1 Å². The molecule has 0 fully saturated rings. The van der Waals surface area contributed by atoms with Crippen LogP contribution in [0, 0.1) is 5.82 Å². The summed E-state index contributed by atoms with van der Waals surface area (Å²) in [5, 5.41) is 0. The predicted molar refractivity (Wildman–Crippen MR) is 98.1 cm³/mol. The fraction of sp³-hybridized carbons (Fsp3) is 0.316. The maximum absolute atomic E-state index is 14.8. The first-order chi connectivity index (χ1) is 11.7. The van der Waals surface area contributed by atoms with E-state index in [0.717, 1.165) is 21.8 Å². The van der Waals surface area contributed by atoms with Crippen molar-refractivity contribution in [3.63, 3.8) is 0 Å². The first-order valence-electron chi connectivity index (χ1n) is 7.98. The molecule has 2 aromatic carbocycles. The van der Waals surface area contributed by atoms with E-state index in [1.807, 2.05) is 30.0 Å². The number of hydrogen-bond donors (Lipinski definition) is 0. The number of benzene rings is 2. The normalized spacial score (nSPS) is 18.2. The third-order valence-corrected chi connectivity index (χ3v) is 4.96. The molecule has 1 aliphatic rings. The summed E-state index contributed by atoms with van der Waals surface area (Å²) < 4.78 is 43.1. The molecule has 2 aromatic rings. The van der Waals surface area contributed by atoms with Gasteiger partial charge in [0.05, 0.1) is 11.6 Å². The van der Waals surface area contributed by atoms with Gasteiger partial charge in [0.25, 0.3) is 5.92 Å². The molecule has 2 nitrogen and oxygen atoms in total. The molecule has 3 rings (SSSR count). The molecule has 2 atom stereocenters. The second-order valence-electron chi connectivity index (χ2n) is 6.29. The van der Waals surface area contributed by atoms with Crippen LogP contribution in [0.2, 0.25) is 0 Å². The molecule has 25 heavy (non-hydrogen) atoms. The van der Waals surface area contributed by atoms with Crippen LogP contribution in [-0.4, -0.2) is 12.4 Å². The Balaban J connectivity index is 2.07. The van der Waals surface area contributed by atoms with Crippen LogP contribution in [0.3, 0.4) is 0 Å². The number of fused-ring (bicyclic) bond motifs is 1. The Morgan fingerprint density at radius 2 is 1.96 bits per heavy atom. The van der Waals surface area contributed by atoms with Crippen molar-refractivity contribution in [2.45, 2.75) is 38.9 Å². The molecule has 0 amide bonds. The molecule has 0 aliphatic carbocycles. The van der Waals surface area contributed by atoms with Crippen LogP contribution >= 0.6 is 15.9 Å². The van der Waals surface area contributed by atoms with Crippen LogP contribution in [0.4, 0.5) is 18.9 Å². The minimum atomic E-state index is -3.23. The van der Waals surface area contributed by atoms with Gasteiger partial charge in [-0.05, 0) is 32.0 Å². The second-order valence-corrected chi connectivity index (χ2v) is 7.21. The molecule has 132 valence electrons. The van der Waals surface area contributed by atoms with E-state index in [4.69, 9.17) is 0 Å². The third kappa shape index (κ3) is 3.32. The highest BCUT2D eigenvalue weighted by atomic mass is 79.9. The predicted octanol–water partition coefficient (Wildman–Crippen LogP) is 6.05. The minimum absolute atomic E-state index is 0.228. The zero-order valence-corrected chi connectivity index (χ0v) is 15.7. The maximum atomic E-state index is 14.8. The quantitative estimate of drug-likeness (QED) is 0.601. The molecular formula is C19H18BrF3N2. The highest BCUT2D eigenvalue weighted by molar-refractivity contribution is 9.10. The molecular weight excluding hydrogens is 393 g/mol. The van der Waals surface area contributed by atoms with Crippen molar-refractivity contribution in [1.29, 1.82) is 0 Å². The lowest BCUT2D eigenvalue weighted by atomic mass is 9.98. The van der Waals surface area contributed by atoms with Crippen molar-refractivity contribution in [3.8, 4) is 0 Å². The standard InChI is InChI=1S/C19H18BrF3N2/c1-11(15-5-4-6-16(18(15)21)19(3,22)23)25-12(2)24-10-13-9-14(20)7-8-17(13)25/h4-12H,1-3H3/t11?,12-/m0/s1. The summed E-state index contributed by atoms with van der Waals surface area (Å²) in [7, 11) is 0. The third-order valence-electron chi connectivity index (χ3n) is 4.47. The molecule has 0 aromatic heterocycles. The Bertz CT molecular complexity index is 830. The number of hydrogen-bond acceptors (Lipinski definition) is 2. The molecule has 0 spiro atoms. The molecule has 1 unspecified atom stereocenters. The summed E-state index contributed by atoms with van der Waals surface area (Å²) in [6.07, 6.45) is 1.55. The maximum Gasteiger partial charge on any atom is 0.273 e. The van der Waals surface area contributed by atoms with Gasteiger partial charge in [0.2, 0.25) is 0 Å². The van der Waals surface area contributed by atoms with E-state index in [-0.39, 0.29) is 11.7 Å². The van der Waals surface area contributed by atoms with Gasteiger partial charge in [-0.25, -0.2) is 13.2 Å². The fourth-order valence-corrected chi connectivity index (χ4v) is 3.60. The van der Waals surface area contributed by atoms with E-state index >= 15 is 0 Å². The van der Waals surface area contributed by atoms with Crippen LogP contribution < -0.4 is 4.90 Å². The molecule has 0 N–H and O–H groups in total. The Hall–Kier alpha value is -1.82. The SMILES string of the molecule is CC(c1cccc(C(C)(F)F)c1F)N1c2ccc(Br)cc2C=N[C@@H]1C. The number of anilines is 1. The minimum Gasteiger partial charge on any atom is -0.342 e. The molecule has 0 radical (unpaired) electrons. The monoisotopic (exact) mass is 410 g/mol. The van der Waals surface area contributed by atoms with Crippen molar-refractivity contribution in [3.05, 3.63) is 63.4 Å². The fourth-order valence-electron chi connectivity index (χ4n) is 3.22. The highest BCUT2D eigenvalue weighted by Crippen LogP contribution is 2.38. The Morgan fingerprint density at radius 1 is 1.24 bits per heavy atom. The van der Waals surface area contributed by atoms with Crippen molar-refractivity contribution < 1.29 is 13.2 Å². The number of halogens is 4. The van der Waals surface area contributed by atoms with Gasteiger partial charge in [0.1, 0.15) is 12.0 Å². The summed E-state index contributed by atoms with van der Waals surface area (Å²) in [4.78, 5) is 6.39. The summed E-state index contributed by atoms with van der Waals surface area (Å²) >= 11 is 3.43. The van der Waals surface area contributed by atoms with Gasteiger partial charge in [0.15, 0.2) is 0 Å². The lowest BCUT2D eigenvalue weighted by molar-refractivity contribution is 0.0135. The molecule has 6 heteroatoms. The lowest BCUT2D eigenvalue weighted by Crippen LogP contribution is -2.37. The van der Waals surface area contributed by atoms with E-state index in [1.54, 1.807) is 19.2 Å². The van der Waals surface area contributed by atoms with E-state index in [0.29, 0.717) is 6.92 Å². The zero-order valence-electron chi connectivity index (χ0n) is 14.1. The van der Waals surface area contributed by atoms with Crippen molar-refractivity contribution in [2.75, 3.05) is 4.90 Å². The van der Waals surface area contributed by atoms with Crippen molar-refractivity contribution in [2.24, 2.45) is 4.99 Å².